The summed E-state index contributed by atoms with van der Waals surface area (Å²) in [4.78, 5) is 28.5. The predicted molar refractivity (Wildman–Crippen MR) is 79.6 cm³/mol. The maximum Gasteiger partial charge on any atom is 0.355 e. The summed E-state index contributed by atoms with van der Waals surface area (Å²) in [7, 11) is 1.59. The molecular formula is C13H21N3O4S. The van der Waals surface area contributed by atoms with Gasteiger partial charge >= 0.3 is 12.0 Å². The van der Waals surface area contributed by atoms with Crippen LogP contribution in [0.3, 0.4) is 0 Å². The number of nitrogens with zero attached hydrogens (tertiary/aromatic N) is 2. The van der Waals surface area contributed by atoms with Gasteiger partial charge in [0.25, 0.3) is 0 Å². The maximum absolute atomic E-state index is 12.1. The Hall–Kier alpha value is -1.67. The standard InChI is InChI=1S/C13H21N3O4S/c1-9(2)7-16(4-5-20-3)13(19)14-6-11-15-10(8-21-11)12(17)18/h8-9H,4-7H2,1-3H3,(H,14,19)(H,17,18). The Morgan fingerprint density at radius 2 is 2.24 bits per heavy atom. The van der Waals surface area contributed by atoms with E-state index in [4.69, 9.17) is 9.84 Å². The number of urea groups is 1. The van der Waals surface area contributed by atoms with Crippen molar-refractivity contribution in [3.63, 3.8) is 0 Å². The second-order valence-electron chi connectivity index (χ2n) is 4.92. The molecule has 118 valence electrons. The Labute approximate surface area is 127 Å². The molecule has 0 fully saturated rings. The smallest absolute Gasteiger partial charge is 0.355 e. The Kier molecular flexibility index (Phi) is 7.10. The molecule has 1 aromatic rings. The highest BCUT2D eigenvalue weighted by Gasteiger charge is 2.15. The fourth-order valence-electron chi connectivity index (χ4n) is 1.67. The monoisotopic (exact) mass is 315 g/mol. The zero-order valence-corrected chi connectivity index (χ0v) is 13.3. The van der Waals surface area contributed by atoms with Crippen molar-refractivity contribution in [1.82, 2.24) is 15.2 Å². The van der Waals surface area contributed by atoms with Crippen LogP contribution in [0.5, 0.6) is 0 Å². The normalized spacial score (nSPS) is 10.7. The predicted octanol–water partition coefficient (Wildman–Crippen LogP) is 1.66. The molecule has 1 rings (SSSR count). The highest BCUT2D eigenvalue weighted by atomic mass is 32.1. The molecule has 1 heterocycles. The van der Waals surface area contributed by atoms with Crippen LogP contribution in [-0.2, 0) is 11.3 Å². The number of hydrogen-bond acceptors (Lipinski definition) is 5. The van der Waals surface area contributed by atoms with E-state index in [1.54, 1.807) is 12.0 Å². The molecule has 0 aromatic carbocycles. The number of carboxylic acids is 1. The van der Waals surface area contributed by atoms with Gasteiger partial charge in [0.2, 0.25) is 0 Å². The molecule has 2 amide bonds. The fraction of sp³-hybridized carbons (Fsp3) is 0.615. The topological polar surface area (TPSA) is 91.8 Å². The molecule has 2 N–H and O–H groups in total. The van der Waals surface area contributed by atoms with E-state index in [0.717, 1.165) is 0 Å². The molecule has 0 radical (unpaired) electrons. The van der Waals surface area contributed by atoms with E-state index < -0.39 is 5.97 Å². The Bertz CT molecular complexity index is 476. The van der Waals surface area contributed by atoms with Crippen molar-refractivity contribution in [2.24, 2.45) is 5.92 Å². The first-order valence-electron chi connectivity index (χ1n) is 6.63. The van der Waals surface area contributed by atoms with Crippen LogP contribution in [0, 0.1) is 5.92 Å². The summed E-state index contributed by atoms with van der Waals surface area (Å²) in [6.07, 6.45) is 0. The minimum Gasteiger partial charge on any atom is -0.476 e. The SMILES string of the molecule is COCCN(CC(C)C)C(=O)NCc1nc(C(=O)O)cs1. The average molecular weight is 315 g/mol. The number of carbonyl (C=O) groups excluding carboxylic acids is 1. The fourth-order valence-corrected chi connectivity index (χ4v) is 2.38. The van der Waals surface area contributed by atoms with Gasteiger partial charge in [0.05, 0.1) is 13.2 Å². The molecule has 0 saturated heterocycles. The molecule has 0 bridgehead atoms. The third kappa shape index (κ3) is 6.09. The molecule has 0 saturated carbocycles. The van der Waals surface area contributed by atoms with Crippen LogP contribution >= 0.6 is 11.3 Å². The van der Waals surface area contributed by atoms with E-state index >= 15 is 0 Å². The largest absolute Gasteiger partial charge is 0.476 e. The summed E-state index contributed by atoms with van der Waals surface area (Å²) in [6, 6.07) is -0.201. The van der Waals surface area contributed by atoms with E-state index in [1.807, 2.05) is 13.8 Å². The molecule has 0 unspecified atom stereocenters. The quantitative estimate of drug-likeness (QED) is 0.761. The van der Waals surface area contributed by atoms with Crippen LogP contribution < -0.4 is 5.32 Å². The number of amides is 2. The van der Waals surface area contributed by atoms with Gasteiger partial charge in [-0.15, -0.1) is 11.3 Å². The van der Waals surface area contributed by atoms with Crippen molar-refractivity contribution in [3.8, 4) is 0 Å². The van der Waals surface area contributed by atoms with E-state index in [0.29, 0.717) is 30.6 Å². The number of ether oxygens (including phenoxy) is 1. The lowest BCUT2D eigenvalue weighted by atomic mass is 10.2. The summed E-state index contributed by atoms with van der Waals surface area (Å²) in [5.74, 6) is -0.712. The number of thiazole rings is 1. The van der Waals surface area contributed by atoms with Crippen LogP contribution in [0.25, 0.3) is 0 Å². The van der Waals surface area contributed by atoms with Crippen LogP contribution in [-0.4, -0.2) is 53.8 Å². The van der Waals surface area contributed by atoms with E-state index in [-0.39, 0.29) is 18.3 Å². The summed E-state index contributed by atoms with van der Waals surface area (Å²) in [6.45, 7) is 5.91. The van der Waals surface area contributed by atoms with Crippen molar-refractivity contribution >= 4 is 23.3 Å². The van der Waals surface area contributed by atoms with Crippen molar-refractivity contribution in [3.05, 3.63) is 16.1 Å². The van der Waals surface area contributed by atoms with Gasteiger partial charge in [-0.2, -0.15) is 0 Å². The highest BCUT2D eigenvalue weighted by molar-refractivity contribution is 7.09. The minimum atomic E-state index is -1.06. The summed E-state index contributed by atoms with van der Waals surface area (Å²) in [5.41, 5.74) is 0.00247. The molecule has 0 spiro atoms. The number of carboxylic acid groups (broad SMARTS) is 1. The van der Waals surface area contributed by atoms with Crippen LogP contribution in [0.4, 0.5) is 4.79 Å². The summed E-state index contributed by atoms with van der Waals surface area (Å²) >= 11 is 1.21. The van der Waals surface area contributed by atoms with Gasteiger partial charge in [0.1, 0.15) is 5.01 Å². The van der Waals surface area contributed by atoms with Gasteiger partial charge < -0.3 is 20.1 Å². The number of aromatic nitrogens is 1. The van der Waals surface area contributed by atoms with Gasteiger partial charge in [-0.05, 0) is 5.92 Å². The maximum atomic E-state index is 12.1. The van der Waals surface area contributed by atoms with Gasteiger partial charge in [-0.3, -0.25) is 0 Å². The van der Waals surface area contributed by atoms with Crippen molar-refractivity contribution in [2.75, 3.05) is 26.8 Å². The van der Waals surface area contributed by atoms with Gasteiger partial charge in [0, 0.05) is 25.6 Å². The number of nitrogens with one attached hydrogen (secondary N) is 1. The number of rotatable bonds is 8. The van der Waals surface area contributed by atoms with E-state index in [1.165, 1.54) is 16.7 Å². The molecule has 0 aliphatic carbocycles. The highest BCUT2D eigenvalue weighted by Crippen LogP contribution is 2.09. The second kappa shape index (κ2) is 8.58. The van der Waals surface area contributed by atoms with Gasteiger partial charge in [-0.25, -0.2) is 14.6 Å². The minimum absolute atomic E-state index is 0.00247. The molecule has 0 aliphatic heterocycles. The van der Waals surface area contributed by atoms with Crippen LogP contribution in [0.1, 0.15) is 29.3 Å². The molecule has 0 aliphatic rings. The number of methoxy groups -OCH3 is 1. The molecular weight excluding hydrogens is 294 g/mol. The zero-order chi connectivity index (χ0) is 15.8. The van der Waals surface area contributed by atoms with E-state index in [9.17, 15) is 9.59 Å². The number of hydrogen-bond donors (Lipinski definition) is 2. The summed E-state index contributed by atoms with van der Waals surface area (Å²) in [5, 5.41) is 13.6. The first-order chi connectivity index (χ1) is 9.93. The first kappa shape index (κ1) is 17.4. The number of carbonyl (C=O) groups is 2. The molecule has 21 heavy (non-hydrogen) atoms. The average Bonchev–Trinajstić information content (AvgIpc) is 2.89. The second-order valence-corrected chi connectivity index (χ2v) is 5.87. The molecule has 0 atom stereocenters. The zero-order valence-electron chi connectivity index (χ0n) is 12.5. The van der Waals surface area contributed by atoms with Crippen LogP contribution in [0.2, 0.25) is 0 Å². The van der Waals surface area contributed by atoms with Gasteiger partial charge in [0.15, 0.2) is 5.69 Å². The van der Waals surface area contributed by atoms with E-state index in [2.05, 4.69) is 10.3 Å². The summed E-state index contributed by atoms with van der Waals surface area (Å²) < 4.78 is 5.00. The lowest BCUT2D eigenvalue weighted by molar-refractivity contribution is 0.0691. The Balaban J connectivity index is 2.53. The molecule has 1 aromatic heterocycles. The van der Waals surface area contributed by atoms with Crippen molar-refractivity contribution < 1.29 is 19.4 Å². The van der Waals surface area contributed by atoms with Crippen molar-refractivity contribution in [1.29, 1.82) is 0 Å². The van der Waals surface area contributed by atoms with Gasteiger partial charge in [-0.1, -0.05) is 13.8 Å². The molecule has 8 heteroatoms. The Morgan fingerprint density at radius 1 is 1.52 bits per heavy atom. The molecule has 7 nitrogen and oxygen atoms in total. The number of aromatic carboxylic acids is 1. The first-order valence-corrected chi connectivity index (χ1v) is 7.51. The van der Waals surface area contributed by atoms with Crippen molar-refractivity contribution in [2.45, 2.75) is 20.4 Å². The lowest BCUT2D eigenvalue weighted by Crippen LogP contribution is -2.43. The third-order valence-corrected chi connectivity index (χ3v) is 3.45. The Morgan fingerprint density at radius 3 is 2.76 bits per heavy atom. The lowest BCUT2D eigenvalue weighted by Gasteiger charge is -2.24. The van der Waals surface area contributed by atoms with Crippen LogP contribution in [0.15, 0.2) is 5.38 Å². The third-order valence-electron chi connectivity index (χ3n) is 2.60.